The fraction of sp³-hybridized carbons (Fsp3) is 0. The van der Waals surface area contributed by atoms with Crippen molar-refractivity contribution >= 4 is 17.5 Å². The van der Waals surface area contributed by atoms with Crippen molar-refractivity contribution in [1.82, 2.24) is 0 Å². The summed E-state index contributed by atoms with van der Waals surface area (Å²) in [6.45, 7) is 0. The molecule has 0 unspecified atom stereocenters. The zero-order valence-electron chi connectivity index (χ0n) is 11.1. The largest absolute Gasteiger partial charge is 0.366 e. The van der Waals surface area contributed by atoms with E-state index in [1.54, 1.807) is 0 Å². The molecule has 9 heteroatoms. The third-order valence-corrected chi connectivity index (χ3v) is 2.88. The van der Waals surface area contributed by atoms with Crippen LogP contribution in [-0.2, 0) is 0 Å². The molecule has 3 N–H and O–H groups in total. The van der Waals surface area contributed by atoms with E-state index < -0.39 is 46.5 Å². The van der Waals surface area contributed by atoms with Crippen molar-refractivity contribution in [3.8, 4) is 0 Å². The number of nitrogens with two attached hydrogens (primary N) is 1. The summed E-state index contributed by atoms with van der Waals surface area (Å²) in [7, 11) is 0. The second kappa shape index (κ2) is 6.03. The highest BCUT2D eigenvalue weighted by molar-refractivity contribution is 6.08. The molecule has 0 fully saturated rings. The molecule has 4 nitrogen and oxygen atoms in total. The van der Waals surface area contributed by atoms with Crippen molar-refractivity contribution in [3.05, 3.63) is 64.5 Å². The summed E-state index contributed by atoms with van der Waals surface area (Å²) in [4.78, 5) is 23.0. The molecule has 0 heterocycles. The number of amides is 2. The Balaban J connectivity index is 2.50. The Hall–Kier alpha value is -2.97. The van der Waals surface area contributed by atoms with E-state index in [0.717, 1.165) is 0 Å². The summed E-state index contributed by atoms with van der Waals surface area (Å²) in [5.74, 6) is -14.0. The standard InChI is InChI=1S/C14H7F5N2O2/c15-8-7(9(16)11(18)12(19)10(8)17)14(23)21-6-4-2-1-3-5(6)13(20)22/h1-4H,(H2,20,22)(H,21,23). The quantitative estimate of drug-likeness (QED) is 0.516. The molecule has 0 radical (unpaired) electrons. The molecular weight excluding hydrogens is 323 g/mol. The molecule has 120 valence electrons. The van der Waals surface area contributed by atoms with E-state index in [1.165, 1.54) is 24.3 Å². The fourth-order valence-electron chi connectivity index (χ4n) is 1.80. The molecule has 0 aliphatic heterocycles. The van der Waals surface area contributed by atoms with Gasteiger partial charge in [0.05, 0.1) is 11.3 Å². The first kappa shape index (κ1) is 16.4. The van der Waals surface area contributed by atoms with Crippen molar-refractivity contribution in [2.75, 3.05) is 5.32 Å². The molecule has 0 spiro atoms. The molecular formula is C14H7F5N2O2. The van der Waals surface area contributed by atoms with Gasteiger partial charge in [-0.15, -0.1) is 0 Å². The third-order valence-electron chi connectivity index (χ3n) is 2.88. The van der Waals surface area contributed by atoms with Gasteiger partial charge in [-0.2, -0.15) is 0 Å². The molecule has 2 aromatic carbocycles. The first-order chi connectivity index (χ1) is 10.8. The maximum absolute atomic E-state index is 13.5. The molecule has 0 saturated carbocycles. The van der Waals surface area contributed by atoms with Gasteiger partial charge in [-0.3, -0.25) is 9.59 Å². The summed E-state index contributed by atoms with van der Waals surface area (Å²) in [5.41, 5.74) is 2.94. The van der Waals surface area contributed by atoms with Crippen LogP contribution in [0, 0.1) is 29.1 Å². The lowest BCUT2D eigenvalue weighted by Crippen LogP contribution is -2.21. The average molecular weight is 330 g/mol. The van der Waals surface area contributed by atoms with Crippen LogP contribution in [0.4, 0.5) is 27.6 Å². The normalized spacial score (nSPS) is 10.5. The van der Waals surface area contributed by atoms with Gasteiger partial charge in [-0.05, 0) is 12.1 Å². The molecule has 2 rings (SSSR count). The van der Waals surface area contributed by atoms with Gasteiger partial charge in [0, 0.05) is 0 Å². The number of rotatable bonds is 3. The number of hydrogen-bond acceptors (Lipinski definition) is 2. The van der Waals surface area contributed by atoms with Crippen LogP contribution in [0.2, 0.25) is 0 Å². The van der Waals surface area contributed by atoms with Crippen LogP contribution in [0.1, 0.15) is 20.7 Å². The van der Waals surface area contributed by atoms with E-state index >= 15 is 0 Å². The van der Waals surface area contributed by atoms with E-state index in [-0.39, 0.29) is 11.3 Å². The summed E-state index contributed by atoms with van der Waals surface area (Å²) >= 11 is 0. The second-order valence-electron chi connectivity index (χ2n) is 4.31. The minimum absolute atomic E-state index is 0.204. The van der Waals surface area contributed by atoms with Gasteiger partial charge in [0.2, 0.25) is 5.82 Å². The lowest BCUT2D eigenvalue weighted by atomic mass is 10.1. The number of para-hydroxylation sites is 1. The summed E-state index contributed by atoms with van der Waals surface area (Å²) in [6, 6.07) is 5.13. The van der Waals surface area contributed by atoms with Gasteiger partial charge in [-0.1, -0.05) is 12.1 Å². The van der Waals surface area contributed by atoms with E-state index in [4.69, 9.17) is 5.73 Å². The smallest absolute Gasteiger partial charge is 0.261 e. The summed E-state index contributed by atoms with van der Waals surface area (Å²) < 4.78 is 66.2. The number of hydrogen-bond donors (Lipinski definition) is 2. The maximum atomic E-state index is 13.5. The van der Waals surface area contributed by atoms with Gasteiger partial charge < -0.3 is 11.1 Å². The van der Waals surface area contributed by atoms with Gasteiger partial charge in [-0.25, -0.2) is 22.0 Å². The molecule has 0 bridgehead atoms. The number of carbonyl (C=O) groups excluding carboxylic acids is 2. The lowest BCUT2D eigenvalue weighted by Gasteiger charge is -2.11. The second-order valence-corrected chi connectivity index (χ2v) is 4.31. The van der Waals surface area contributed by atoms with Crippen LogP contribution >= 0.6 is 0 Å². The molecule has 0 saturated heterocycles. The zero-order chi connectivity index (χ0) is 17.3. The van der Waals surface area contributed by atoms with E-state index in [1.807, 2.05) is 5.32 Å². The Morgan fingerprint density at radius 3 is 1.83 bits per heavy atom. The molecule has 0 atom stereocenters. The highest BCUT2D eigenvalue weighted by Crippen LogP contribution is 2.24. The minimum Gasteiger partial charge on any atom is -0.366 e. The van der Waals surface area contributed by atoms with E-state index in [0.29, 0.717) is 0 Å². The molecule has 2 aromatic rings. The summed E-state index contributed by atoms with van der Waals surface area (Å²) in [5, 5.41) is 1.89. The Morgan fingerprint density at radius 1 is 0.826 bits per heavy atom. The number of benzene rings is 2. The Kier molecular flexibility index (Phi) is 4.30. The highest BCUT2D eigenvalue weighted by Gasteiger charge is 2.30. The average Bonchev–Trinajstić information content (AvgIpc) is 2.51. The van der Waals surface area contributed by atoms with Crippen LogP contribution in [-0.4, -0.2) is 11.8 Å². The SMILES string of the molecule is NC(=O)c1ccccc1NC(=O)c1c(F)c(F)c(F)c(F)c1F. The lowest BCUT2D eigenvalue weighted by molar-refractivity contribution is 0.100. The molecule has 23 heavy (non-hydrogen) atoms. The predicted molar refractivity (Wildman–Crippen MR) is 69.1 cm³/mol. The highest BCUT2D eigenvalue weighted by atomic mass is 19.2. The Labute approximate surface area is 125 Å². The van der Waals surface area contributed by atoms with Crippen molar-refractivity contribution in [2.45, 2.75) is 0 Å². The first-order valence-corrected chi connectivity index (χ1v) is 5.97. The number of halogens is 5. The zero-order valence-corrected chi connectivity index (χ0v) is 11.1. The molecule has 0 aromatic heterocycles. The number of anilines is 1. The Morgan fingerprint density at radius 2 is 1.30 bits per heavy atom. The number of carbonyl (C=O) groups is 2. The van der Waals surface area contributed by atoms with Crippen molar-refractivity contribution in [2.24, 2.45) is 5.73 Å². The molecule has 0 aliphatic rings. The molecule has 0 aliphatic carbocycles. The third kappa shape index (κ3) is 2.85. The van der Waals surface area contributed by atoms with Gasteiger partial charge in [0.25, 0.3) is 11.8 Å². The van der Waals surface area contributed by atoms with Gasteiger partial charge >= 0.3 is 0 Å². The van der Waals surface area contributed by atoms with Gasteiger partial charge in [0.15, 0.2) is 23.3 Å². The van der Waals surface area contributed by atoms with Crippen LogP contribution in [0.15, 0.2) is 24.3 Å². The molecule has 2 amide bonds. The fourth-order valence-corrected chi connectivity index (χ4v) is 1.80. The van der Waals surface area contributed by atoms with Gasteiger partial charge in [0.1, 0.15) is 5.56 Å². The van der Waals surface area contributed by atoms with E-state index in [9.17, 15) is 31.5 Å². The Bertz CT molecular complexity index is 794. The predicted octanol–water partition coefficient (Wildman–Crippen LogP) is 2.73. The van der Waals surface area contributed by atoms with Crippen molar-refractivity contribution < 1.29 is 31.5 Å². The van der Waals surface area contributed by atoms with Crippen LogP contribution in [0.5, 0.6) is 0 Å². The topological polar surface area (TPSA) is 72.2 Å². The van der Waals surface area contributed by atoms with Crippen LogP contribution in [0.3, 0.4) is 0 Å². The van der Waals surface area contributed by atoms with E-state index in [2.05, 4.69) is 0 Å². The minimum atomic E-state index is -2.38. The summed E-state index contributed by atoms with van der Waals surface area (Å²) in [6.07, 6.45) is 0. The number of nitrogens with one attached hydrogen (secondary N) is 1. The monoisotopic (exact) mass is 330 g/mol. The maximum Gasteiger partial charge on any atom is 0.261 e. The van der Waals surface area contributed by atoms with Crippen LogP contribution in [0.25, 0.3) is 0 Å². The number of primary amides is 1. The first-order valence-electron chi connectivity index (χ1n) is 5.97. The van der Waals surface area contributed by atoms with Crippen LogP contribution < -0.4 is 11.1 Å². The van der Waals surface area contributed by atoms with Crippen molar-refractivity contribution in [1.29, 1.82) is 0 Å². The van der Waals surface area contributed by atoms with Crippen molar-refractivity contribution in [3.63, 3.8) is 0 Å².